The van der Waals surface area contributed by atoms with Crippen molar-refractivity contribution >= 4 is 17.7 Å². The molecule has 0 aliphatic rings. The number of benzene rings is 1. The lowest BCUT2D eigenvalue weighted by Crippen LogP contribution is -2.36. The molecule has 1 amide bonds. The number of hydrogen-bond donors (Lipinski definition) is 1. The fraction of sp³-hybridized carbons (Fsp3) is 0.438. The van der Waals surface area contributed by atoms with Gasteiger partial charge in [0, 0.05) is 13.2 Å². The van der Waals surface area contributed by atoms with Crippen LogP contribution >= 0.6 is 11.8 Å². The topological polar surface area (TPSA) is 69.0 Å². The van der Waals surface area contributed by atoms with Gasteiger partial charge in [-0.25, -0.2) is 0 Å². The first-order chi connectivity index (χ1) is 11.0. The van der Waals surface area contributed by atoms with Crippen molar-refractivity contribution in [2.45, 2.75) is 32.0 Å². The van der Waals surface area contributed by atoms with E-state index in [2.05, 4.69) is 41.5 Å². The smallest absolute Gasteiger partial charge is 0.230 e. The van der Waals surface area contributed by atoms with E-state index in [9.17, 15) is 4.79 Å². The van der Waals surface area contributed by atoms with E-state index in [1.54, 1.807) is 13.4 Å². The van der Waals surface area contributed by atoms with Gasteiger partial charge in [-0.05, 0) is 32.4 Å². The first kappa shape index (κ1) is 17.5. The predicted molar refractivity (Wildman–Crippen MR) is 91.0 cm³/mol. The first-order valence-corrected chi connectivity index (χ1v) is 8.38. The second-order valence-electron chi connectivity index (χ2n) is 5.49. The van der Waals surface area contributed by atoms with Crippen LogP contribution in [0.2, 0.25) is 0 Å². The van der Waals surface area contributed by atoms with Crippen LogP contribution in [0, 0.1) is 13.8 Å². The summed E-state index contributed by atoms with van der Waals surface area (Å²) in [6.45, 7) is 6.51. The third-order valence-corrected chi connectivity index (χ3v) is 4.23. The van der Waals surface area contributed by atoms with E-state index >= 15 is 0 Å². The molecule has 23 heavy (non-hydrogen) atoms. The van der Waals surface area contributed by atoms with Crippen LogP contribution < -0.4 is 5.32 Å². The van der Waals surface area contributed by atoms with Crippen LogP contribution in [0.5, 0.6) is 0 Å². The Balaban J connectivity index is 2.03. The summed E-state index contributed by atoms with van der Waals surface area (Å²) < 4.78 is 6.91. The number of carbonyl (C=O) groups excluding carboxylic acids is 1. The lowest BCUT2D eigenvalue weighted by atomic mass is 10.1. The standard InChI is InChI=1S/C16H22N4O2S/c1-11-5-6-14(12(2)7-11)20-10-17-19-16(20)23-9-15(21)18-13(3)8-22-4/h5-7,10,13H,8-9H2,1-4H3,(H,18,21). The van der Waals surface area contributed by atoms with Gasteiger partial charge in [-0.15, -0.1) is 10.2 Å². The van der Waals surface area contributed by atoms with Crippen molar-refractivity contribution in [1.29, 1.82) is 0 Å². The highest BCUT2D eigenvalue weighted by Gasteiger charge is 2.13. The number of aryl methyl sites for hydroxylation is 2. The molecule has 1 atom stereocenters. The minimum Gasteiger partial charge on any atom is -0.383 e. The molecule has 1 aromatic carbocycles. The number of nitrogens with one attached hydrogen (secondary N) is 1. The zero-order valence-corrected chi connectivity index (χ0v) is 14.7. The minimum absolute atomic E-state index is 0.00897. The number of carbonyl (C=O) groups is 1. The van der Waals surface area contributed by atoms with Crippen molar-refractivity contribution < 1.29 is 9.53 Å². The van der Waals surface area contributed by atoms with Crippen molar-refractivity contribution in [3.63, 3.8) is 0 Å². The van der Waals surface area contributed by atoms with Gasteiger partial charge < -0.3 is 10.1 Å². The summed E-state index contributed by atoms with van der Waals surface area (Å²) in [5, 5.41) is 11.7. The molecule has 1 N–H and O–H groups in total. The van der Waals surface area contributed by atoms with Crippen molar-refractivity contribution in [3.8, 4) is 5.69 Å². The first-order valence-electron chi connectivity index (χ1n) is 7.40. The molecule has 6 nitrogen and oxygen atoms in total. The summed E-state index contributed by atoms with van der Waals surface area (Å²) in [5.74, 6) is 0.243. The van der Waals surface area contributed by atoms with Gasteiger partial charge in [0.05, 0.1) is 18.0 Å². The fourth-order valence-corrected chi connectivity index (χ4v) is 3.03. The van der Waals surface area contributed by atoms with Crippen LogP contribution in [0.25, 0.3) is 5.69 Å². The quantitative estimate of drug-likeness (QED) is 0.786. The minimum atomic E-state index is -0.0465. The second-order valence-corrected chi connectivity index (χ2v) is 6.43. The number of ether oxygens (including phenoxy) is 1. The molecule has 0 bridgehead atoms. The van der Waals surface area contributed by atoms with E-state index in [0.717, 1.165) is 11.3 Å². The number of amides is 1. The van der Waals surface area contributed by atoms with E-state index in [-0.39, 0.29) is 17.7 Å². The Labute approximate surface area is 140 Å². The molecule has 1 heterocycles. The highest BCUT2D eigenvalue weighted by molar-refractivity contribution is 7.99. The van der Waals surface area contributed by atoms with Crippen LogP contribution in [0.4, 0.5) is 0 Å². The number of nitrogens with zero attached hydrogens (tertiary/aromatic N) is 3. The number of thioether (sulfide) groups is 1. The molecule has 0 fully saturated rings. The van der Waals surface area contributed by atoms with Gasteiger partial charge in [-0.2, -0.15) is 0 Å². The molecule has 0 spiro atoms. The summed E-state index contributed by atoms with van der Waals surface area (Å²) in [4.78, 5) is 11.9. The second kappa shape index (κ2) is 8.12. The van der Waals surface area contributed by atoms with E-state index < -0.39 is 0 Å². The van der Waals surface area contributed by atoms with Crippen LogP contribution in [-0.4, -0.2) is 46.2 Å². The lowest BCUT2D eigenvalue weighted by molar-refractivity contribution is -0.119. The Morgan fingerprint density at radius 2 is 2.22 bits per heavy atom. The maximum Gasteiger partial charge on any atom is 0.230 e. The summed E-state index contributed by atoms with van der Waals surface area (Å²) in [6.07, 6.45) is 1.67. The molecule has 0 aliphatic heterocycles. The number of rotatable bonds is 7. The van der Waals surface area contributed by atoms with Gasteiger partial charge in [0.2, 0.25) is 5.91 Å². The molecule has 0 saturated heterocycles. The average molecular weight is 334 g/mol. The van der Waals surface area contributed by atoms with Crippen molar-refractivity contribution in [1.82, 2.24) is 20.1 Å². The maximum absolute atomic E-state index is 11.9. The van der Waals surface area contributed by atoms with Crippen LogP contribution in [0.15, 0.2) is 29.7 Å². The van der Waals surface area contributed by atoms with E-state index in [1.165, 1.54) is 17.3 Å². The van der Waals surface area contributed by atoms with Gasteiger partial charge >= 0.3 is 0 Å². The number of aromatic nitrogens is 3. The predicted octanol–water partition coefficient (Wildman–Crippen LogP) is 2.13. The van der Waals surface area contributed by atoms with Gasteiger partial charge in [0.15, 0.2) is 5.16 Å². The van der Waals surface area contributed by atoms with Gasteiger partial charge in [-0.3, -0.25) is 9.36 Å². The largest absolute Gasteiger partial charge is 0.383 e. The molecule has 0 saturated carbocycles. The molecule has 0 aliphatic carbocycles. The molecule has 0 radical (unpaired) electrons. The van der Waals surface area contributed by atoms with E-state index in [1.807, 2.05) is 17.6 Å². The summed E-state index contributed by atoms with van der Waals surface area (Å²) in [5.41, 5.74) is 3.38. The Hall–Kier alpha value is -1.86. The number of hydrogen-bond acceptors (Lipinski definition) is 5. The Bertz CT molecular complexity index is 672. The van der Waals surface area contributed by atoms with Gasteiger partial charge in [0.25, 0.3) is 0 Å². The van der Waals surface area contributed by atoms with Gasteiger partial charge in [0.1, 0.15) is 6.33 Å². The molecule has 1 unspecified atom stereocenters. The molecule has 124 valence electrons. The lowest BCUT2D eigenvalue weighted by Gasteiger charge is -2.13. The highest BCUT2D eigenvalue weighted by Crippen LogP contribution is 2.22. The molecule has 1 aromatic heterocycles. The molecular formula is C16H22N4O2S. The summed E-state index contributed by atoms with van der Waals surface area (Å²) in [7, 11) is 1.61. The van der Waals surface area contributed by atoms with E-state index in [0.29, 0.717) is 11.8 Å². The Morgan fingerprint density at radius 3 is 2.91 bits per heavy atom. The fourth-order valence-electron chi connectivity index (χ4n) is 2.30. The van der Waals surface area contributed by atoms with Crippen LogP contribution in [0.1, 0.15) is 18.1 Å². The van der Waals surface area contributed by atoms with Crippen molar-refractivity contribution in [3.05, 3.63) is 35.7 Å². The third kappa shape index (κ3) is 4.80. The van der Waals surface area contributed by atoms with Crippen LogP contribution in [-0.2, 0) is 9.53 Å². The maximum atomic E-state index is 11.9. The normalized spacial score (nSPS) is 12.2. The zero-order chi connectivity index (χ0) is 16.8. The van der Waals surface area contributed by atoms with Gasteiger partial charge in [-0.1, -0.05) is 29.5 Å². The van der Waals surface area contributed by atoms with E-state index in [4.69, 9.17) is 4.74 Å². The monoisotopic (exact) mass is 334 g/mol. The molecule has 7 heteroatoms. The molecular weight excluding hydrogens is 312 g/mol. The Morgan fingerprint density at radius 1 is 1.43 bits per heavy atom. The zero-order valence-electron chi connectivity index (χ0n) is 13.9. The summed E-state index contributed by atoms with van der Waals surface area (Å²) in [6, 6.07) is 6.20. The average Bonchev–Trinajstić information content (AvgIpc) is 2.93. The SMILES string of the molecule is COCC(C)NC(=O)CSc1nncn1-c1ccc(C)cc1C. The third-order valence-electron chi connectivity index (χ3n) is 3.28. The summed E-state index contributed by atoms with van der Waals surface area (Å²) >= 11 is 1.37. The molecule has 2 aromatic rings. The van der Waals surface area contributed by atoms with Crippen LogP contribution in [0.3, 0.4) is 0 Å². The number of methoxy groups -OCH3 is 1. The van der Waals surface area contributed by atoms with Crippen molar-refractivity contribution in [2.75, 3.05) is 19.5 Å². The Kier molecular flexibility index (Phi) is 6.18. The highest BCUT2D eigenvalue weighted by atomic mass is 32.2. The molecule has 2 rings (SSSR count). The van der Waals surface area contributed by atoms with Crippen molar-refractivity contribution in [2.24, 2.45) is 0 Å².